The van der Waals surface area contributed by atoms with E-state index in [0.29, 0.717) is 6.07 Å². The quantitative estimate of drug-likeness (QED) is 0.375. The van der Waals surface area contributed by atoms with Crippen LogP contribution in [0.3, 0.4) is 0 Å². The van der Waals surface area contributed by atoms with Crippen LogP contribution in [0.2, 0.25) is 0 Å². The molecular formula is C21H16F4N8O. The van der Waals surface area contributed by atoms with Crippen LogP contribution in [-0.4, -0.2) is 19.5 Å². The maximum atomic E-state index is 14.0. The smallest absolute Gasteiger partial charge is 0.269 e. The van der Waals surface area contributed by atoms with Crippen LogP contribution in [-0.2, 0) is 6.42 Å². The lowest BCUT2D eigenvalue weighted by molar-refractivity contribution is 0.515. The van der Waals surface area contributed by atoms with Gasteiger partial charge in [-0.3, -0.25) is 9.36 Å². The Labute approximate surface area is 189 Å². The molecule has 0 aliphatic rings. The Bertz CT molecular complexity index is 1470. The van der Waals surface area contributed by atoms with E-state index < -0.39 is 34.2 Å². The lowest BCUT2D eigenvalue weighted by Crippen LogP contribution is -2.25. The Hall–Kier alpha value is -4.73. The van der Waals surface area contributed by atoms with Gasteiger partial charge >= 0.3 is 0 Å². The van der Waals surface area contributed by atoms with Gasteiger partial charge in [-0.2, -0.15) is 15.2 Å². The third kappa shape index (κ3) is 4.56. The molecule has 0 unspecified atom stereocenters. The number of nitrogen functional groups attached to an aromatic ring is 3. The van der Waals surface area contributed by atoms with Gasteiger partial charge < -0.3 is 17.2 Å². The molecule has 0 fully saturated rings. The number of hydrogen-bond donors (Lipinski definition) is 3. The number of nitrogens with two attached hydrogens (primary N) is 3. The van der Waals surface area contributed by atoms with E-state index in [2.05, 4.69) is 15.0 Å². The number of anilines is 3. The Morgan fingerprint density at radius 2 is 1.56 bits per heavy atom. The van der Waals surface area contributed by atoms with Crippen LogP contribution >= 0.6 is 0 Å². The highest BCUT2D eigenvalue weighted by molar-refractivity contribution is 5.78. The molecule has 13 heteroatoms. The Kier molecular flexibility index (Phi) is 6.62. The first kappa shape index (κ1) is 23.9. The number of fused-ring (bicyclic) bond motifs is 1. The second kappa shape index (κ2) is 9.41. The van der Waals surface area contributed by atoms with Crippen LogP contribution in [0.5, 0.6) is 0 Å². The maximum absolute atomic E-state index is 14.0. The average molecular weight is 472 g/mol. The summed E-state index contributed by atoms with van der Waals surface area (Å²) >= 11 is 0. The van der Waals surface area contributed by atoms with E-state index in [9.17, 15) is 22.4 Å². The first-order valence-corrected chi connectivity index (χ1v) is 9.52. The number of hydrogen-bond acceptors (Lipinski definition) is 8. The van der Waals surface area contributed by atoms with E-state index in [4.69, 9.17) is 22.5 Å². The van der Waals surface area contributed by atoms with Crippen molar-refractivity contribution in [2.24, 2.45) is 0 Å². The number of nitrogens with zero attached hydrogens (tertiary/aromatic N) is 5. The third-order valence-corrected chi connectivity index (χ3v) is 4.51. The lowest BCUT2D eigenvalue weighted by Gasteiger charge is -2.13. The molecular weight excluding hydrogens is 456 g/mol. The molecule has 0 bridgehead atoms. The van der Waals surface area contributed by atoms with Gasteiger partial charge in [-0.05, 0) is 24.3 Å². The summed E-state index contributed by atoms with van der Waals surface area (Å²) in [5.74, 6) is -4.15. The van der Waals surface area contributed by atoms with E-state index in [1.165, 1.54) is 6.07 Å². The summed E-state index contributed by atoms with van der Waals surface area (Å²) < 4.78 is 55.1. The molecule has 34 heavy (non-hydrogen) atoms. The summed E-state index contributed by atoms with van der Waals surface area (Å²) in [6.45, 7) is 1.68. The molecule has 0 atom stereocenters. The predicted molar refractivity (Wildman–Crippen MR) is 117 cm³/mol. The zero-order chi connectivity index (χ0) is 25.2. The Morgan fingerprint density at radius 1 is 0.971 bits per heavy atom. The summed E-state index contributed by atoms with van der Waals surface area (Å²) in [5.41, 5.74) is 14.8. The Balaban J connectivity index is 0.000000248. The van der Waals surface area contributed by atoms with E-state index in [0.717, 1.165) is 22.8 Å². The van der Waals surface area contributed by atoms with E-state index >= 15 is 0 Å². The third-order valence-electron chi connectivity index (χ3n) is 4.51. The fourth-order valence-corrected chi connectivity index (χ4v) is 3.06. The highest BCUT2D eigenvalue weighted by Crippen LogP contribution is 2.19. The number of rotatable bonds is 2. The minimum Gasteiger partial charge on any atom is -0.382 e. The molecule has 0 aliphatic carbocycles. The Morgan fingerprint density at radius 3 is 2.09 bits per heavy atom. The van der Waals surface area contributed by atoms with Crippen LogP contribution < -0.4 is 22.8 Å². The van der Waals surface area contributed by atoms with E-state index in [1.807, 2.05) is 0 Å². The minimum absolute atomic E-state index is 0.0116. The normalized spacial score (nSPS) is 10.5. The fourth-order valence-electron chi connectivity index (χ4n) is 3.06. The second-order valence-electron chi connectivity index (χ2n) is 6.74. The molecule has 2 aromatic carbocycles. The molecule has 2 heterocycles. The first-order chi connectivity index (χ1) is 16.1. The van der Waals surface area contributed by atoms with Crippen molar-refractivity contribution in [2.75, 3.05) is 17.2 Å². The summed E-state index contributed by atoms with van der Waals surface area (Å²) in [4.78, 5) is 23.8. The van der Waals surface area contributed by atoms with Gasteiger partial charge in [-0.25, -0.2) is 22.5 Å². The van der Waals surface area contributed by atoms with Crippen molar-refractivity contribution in [1.82, 2.24) is 19.5 Å². The number of halogens is 4. The number of aromatic nitrogens is 4. The molecule has 0 radical (unpaired) electrons. The van der Waals surface area contributed by atoms with Gasteiger partial charge in [0, 0.05) is 12.5 Å². The molecule has 0 aliphatic heterocycles. The van der Waals surface area contributed by atoms with E-state index in [-0.39, 0.29) is 46.6 Å². The summed E-state index contributed by atoms with van der Waals surface area (Å²) in [5, 5.41) is 7.90. The largest absolute Gasteiger partial charge is 0.382 e. The van der Waals surface area contributed by atoms with Gasteiger partial charge in [0.1, 0.15) is 46.1 Å². The van der Waals surface area contributed by atoms with Gasteiger partial charge in [0.05, 0.1) is 11.2 Å². The number of aryl methyl sites for hydroxylation is 1. The molecule has 9 nitrogen and oxygen atoms in total. The zero-order valence-corrected chi connectivity index (χ0v) is 17.5. The predicted octanol–water partition coefficient (Wildman–Crippen LogP) is 2.60. The molecule has 4 aromatic rings. The van der Waals surface area contributed by atoms with Gasteiger partial charge in [0.2, 0.25) is 5.95 Å². The minimum atomic E-state index is -1.34. The van der Waals surface area contributed by atoms with Gasteiger partial charge in [0.25, 0.3) is 5.56 Å². The van der Waals surface area contributed by atoms with E-state index in [1.54, 1.807) is 13.0 Å². The van der Waals surface area contributed by atoms with Crippen molar-refractivity contribution in [3.63, 3.8) is 0 Å². The van der Waals surface area contributed by atoms with Crippen molar-refractivity contribution in [3.05, 3.63) is 75.3 Å². The molecule has 174 valence electrons. The summed E-state index contributed by atoms with van der Waals surface area (Å²) in [6, 6.07) is 6.31. The molecule has 0 saturated carbocycles. The number of benzene rings is 2. The molecule has 0 amide bonds. The monoisotopic (exact) mass is 472 g/mol. The van der Waals surface area contributed by atoms with Crippen LogP contribution in [0.25, 0.3) is 16.6 Å². The highest BCUT2D eigenvalue weighted by atomic mass is 19.2. The van der Waals surface area contributed by atoms with Crippen molar-refractivity contribution in [1.29, 1.82) is 5.26 Å². The highest BCUT2D eigenvalue weighted by Gasteiger charge is 2.18. The van der Waals surface area contributed by atoms with Gasteiger partial charge in [-0.15, -0.1) is 0 Å². The topological polar surface area (TPSA) is 163 Å². The summed E-state index contributed by atoms with van der Waals surface area (Å²) in [7, 11) is 0. The van der Waals surface area contributed by atoms with Crippen molar-refractivity contribution in [2.45, 2.75) is 13.3 Å². The molecule has 0 spiro atoms. The average Bonchev–Trinajstić information content (AvgIpc) is 2.75. The standard InChI is InChI=1S/C16H10F4N2O.C5H6N6/c1-2-13-21-12-4-3-11(19)15(20)14(12)16(23)22(13)10-6-8(17)5-9(18)7-10;6-1-2-3(7)10-5(9)11-4(2)8/h3-7H,2H2,1H3;(H6,7,8,9,10,11). The molecule has 6 N–H and O–H groups in total. The lowest BCUT2D eigenvalue weighted by atomic mass is 10.2. The van der Waals surface area contributed by atoms with Crippen LogP contribution in [0.1, 0.15) is 18.3 Å². The van der Waals surface area contributed by atoms with Crippen molar-refractivity contribution < 1.29 is 17.6 Å². The maximum Gasteiger partial charge on any atom is 0.269 e. The zero-order valence-electron chi connectivity index (χ0n) is 17.5. The molecule has 2 aromatic heterocycles. The van der Waals surface area contributed by atoms with Crippen LogP contribution in [0, 0.1) is 34.6 Å². The van der Waals surface area contributed by atoms with Crippen molar-refractivity contribution in [3.8, 4) is 11.8 Å². The van der Waals surface area contributed by atoms with Crippen LogP contribution in [0.15, 0.2) is 35.1 Å². The van der Waals surface area contributed by atoms with Gasteiger partial charge in [-0.1, -0.05) is 6.92 Å². The molecule has 0 saturated heterocycles. The van der Waals surface area contributed by atoms with Crippen LogP contribution in [0.4, 0.5) is 35.1 Å². The van der Waals surface area contributed by atoms with Gasteiger partial charge in [0.15, 0.2) is 11.6 Å². The fraction of sp³-hybridized carbons (Fsp3) is 0.0952. The first-order valence-electron chi connectivity index (χ1n) is 9.52. The second-order valence-corrected chi connectivity index (χ2v) is 6.74. The molecule has 4 rings (SSSR count). The van der Waals surface area contributed by atoms with Crippen molar-refractivity contribution >= 4 is 28.5 Å². The SMILES string of the molecule is CCc1nc2ccc(F)c(F)c2c(=O)n1-c1cc(F)cc(F)c1.N#Cc1c(N)nc(N)nc1N. The number of nitriles is 1. The summed E-state index contributed by atoms with van der Waals surface area (Å²) in [6.07, 6.45) is 0.252.